The summed E-state index contributed by atoms with van der Waals surface area (Å²) in [5, 5.41) is 2.57. The van der Waals surface area contributed by atoms with Crippen molar-refractivity contribution in [3.63, 3.8) is 0 Å². The maximum absolute atomic E-state index is 14.1. The average Bonchev–Trinajstić information content (AvgIpc) is 2.90. The van der Waals surface area contributed by atoms with Gasteiger partial charge in [0, 0.05) is 35.1 Å². The summed E-state index contributed by atoms with van der Waals surface area (Å²) in [7, 11) is 0. The van der Waals surface area contributed by atoms with E-state index >= 15 is 0 Å². The molecule has 2 aromatic rings. The van der Waals surface area contributed by atoms with E-state index in [4.69, 9.17) is 17.3 Å². The highest BCUT2D eigenvalue weighted by Gasteiger charge is 2.27. The van der Waals surface area contributed by atoms with Crippen LogP contribution >= 0.6 is 22.9 Å². The molecule has 0 saturated heterocycles. The Morgan fingerprint density at radius 2 is 2.25 bits per heavy atom. The van der Waals surface area contributed by atoms with E-state index < -0.39 is 0 Å². The number of rotatable bonds is 3. The molecular formula is C15H16ClFN2S. The maximum Gasteiger partial charge on any atom is 0.129 e. The Hall–Kier alpha value is -0.940. The third-order valence-electron chi connectivity index (χ3n) is 3.83. The fourth-order valence-electron chi connectivity index (χ4n) is 2.81. The van der Waals surface area contributed by atoms with Crippen LogP contribution in [0.1, 0.15) is 22.0 Å². The minimum atomic E-state index is -0.274. The van der Waals surface area contributed by atoms with E-state index in [0.29, 0.717) is 17.1 Å². The number of fused-ring (bicyclic) bond motifs is 1. The minimum Gasteiger partial charge on any atom is -0.329 e. The first-order chi connectivity index (χ1) is 9.70. The summed E-state index contributed by atoms with van der Waals surface area (Å²) in [6.07, 6.45) is 0.996. The molecule has 2 nitrogen and oxygen atoms in total. The summed E-state index contributed by atoms with van der Waals surface area (Å²) in [6.45, 7) is 2.06. The van der Waals surface area contributed by atoms with Gasteiger partial charge in [-0.15, -0.1) is 11.3 Å². The van der Waals surface area contributed by atoms with Crippen LogP contribution in [0.25, 0.3) is 0 Å². The Kier molecular flexibility index (Phi) is 4.08. The van der Waals surface area contributed by atoms with Gasteiger partial charge >= 0.3 is 0 Å². The maximum atomic E-state index is 14.1. The molecule has 20 heavy (non-hydrogen) atoms. The quantitative estimate of drug-likeness (QED) is 0.938. The van der Waals surface area contributed by atoms with Crippen molar-refractivity contribution < 1.29 is 4.39 Å². The molecule has 5 heteroatoms. The molecule has 1 unspecified atom stereocenters. The van der Waals surface area contributed by atoms with Crippen LogP contribution in [-0.4, -0.2) is 18.0 Å². The molecule has 1 aromatic heterocycles. The largest absolute Gasteiger partial charge is 0.329 e. The summed E-state index contributed by atoms with van der Waals surface area (Å²) < 4.78 is 14.1. The van der Waals surface area contributed by atoms with E-state index in [1.807, 2.05) is 0 Å². The Labute approximate surface area is 127 Å². The number of halogens is 2. The Morgan fingerprint density at radius 1 is 1.40 bits per heavy atom. The van der Waals surface area contributed by atoms with Gasteiger partial charge in [0.15, 0.2) is 0 Å². The smallest absolute Gasteiger partial charge is 0.129 e. The van der Waals surface area contributed by atoms with Crippen LogP contribution in [0.4, 0.5) is 4.39 Å². The van der Waals surface area contributed by atoms with E-state index in [1.54, 1.807) is 23.5 Å². The van der Waals surface area contributed by atoms with Gasteiger partial charge in [0.2, 0.25) is 0 Å². The van der Waals surface area contributed by atoms with Gasteiger partial charge in [0.1, 0.15) is 5.82 Å². The average molecular weight is 311 g/mol. The molecule has 1 aliphatic rings. The van der Waals surface area contributed by atoms with E-state index in [0.717, 1.165) is 19.5 Å². The molecule has 2 heterocycles. The molecule has 1 aliphatic heterocycles. The standard InChI is InChI=1S/C15H16ClFN2S/c16-11-2-1-3-12(17)15(11)13(8-18)19-6-4-14-10(9-19)5-7-20-14/h1-3,5,7,13H,4,6,8-9,18H2. The van der Waals surface area contributed by atoms with Crippen LogP contribution in [0, 0.1) is 5.82 Å². The predicted molar refractivity (Wildman–Crippen MR) is 81.6 cm³/mol. The van der Waals surface area contributed by atoms with Gasteiger partial charge in [-0.25, -0.2) is 4.39 Å². The van der Waals surface area contributed by atoms with Gasteiger partial charge in [0.05, 0.1) is 6.04 Å². The van der Waals surface area contributed by atoms with Crippen LogP contribution in [-0.2, 0) is 13.0 Å². The summed E-state index contributed by atoms with van der Waals surface area (Å²) in [6, 6.07) is 6.77. The number of nitrogens with two attached hydrogens (primary N) is 1. The van der Waals surface area contributed by atoms with Crippen molar-refractivity contribution in [2.75, 3.05) is 13.1 Å². The van der Waals surface area contributed by atoms with Crippen molar-refractivity contribution >= 4 is 22.9 Å². The van der Waals surface area contributed by atoms with Gasteiger partial charge in [-0.2, -0.15) is 0 Å². The van der Waals surface area contributed by atoms with Crippen LogP contribution in [0.2, 0.25) is 5.02 Å². The molecule has 3 rings (SSSR count). The van der Waals surface area contributed by atoms with Crippen LogP contribution in [0.5, 0.6) is 0 Å². The van der Waals surface area contributed by atoms with Crippen LogP contribution in [0.3, 0.4) is 0 Å². The van der Waals surface area contributed by atoms with Crippen molar-refractivity contribution in [1.82, 2.24) is 4.90 Å². The molecule has 1 aromatic carbocycles. The lowest BCUT2D eigenvalue weighted by Crippen LogP contribution is -2.37. The molecule has 0 fully saturated rings. The molecule has 1 atom stereocenters. The third kappa shape index (κ3) is 2.49. The molecule has 0 radical (unpaired) electrons. The van der Waals surface area contributed by atoms with E-state index in [9.17, 15) is 4.39 Å². The van der Waals surface area contributed by atoms with E-state index in [1.165, 1.54) is 16.5 Å². The fourth-order valence-corrected chi connectivity index (χ4v) is 3.99. The molecule has 106 valence electrons. The highest BCUT2D eigenvalue weighted by Crippen LogP contribution is 2.34. The monoisotopic (exact) mass is 310 g/mol. The molecule has 0 amide bonds. The van der Waals surface area contributed by atoms with Gasteiger partial charge in [-0.3, -0.25) is 4.90 Å². The van der Waals surface area contributed by atoms with E-state index in [-0.39, 0.29) is 11.9 Å². The van der Waals surface area contributed by atoms with Crippen molar-refractivity contribution in [1.29, 1.82) is 0 Å². The predicted octanol–water partition coefficient (Wildman–Crippen LogP) is 3.60. The normalized spacial score (nSPS) is 16.9. The zero-order chi connectivity index (χ0) is 14.1. The highest BCUT2D eigenvalue weighted by atomic mass is 35.5. The SMILES string of the molecule is NCC(c1c(F)cccc1Cl)N1CCc2sccc2C1. The molecular weight excluding hydrogens is 295 g/mol. The molecule has 0 saturated carbocycles. The Balaban J connectivity index is 1.92. The summed E-state index contributed by atoms with van der Waals surface area (Å²) in [5.74, 6) is -0.274. The zero-order valence-corrected chi connectivity index (χ0v) is 12.6. The first-order valence-electron chi connectivity index (χ1n) is 6.64. The fraction of sp³-hybridized carbons (Fsp3) is 0.333. The first-order valence-corrected chi connectivity index (χ1v) is 7.89. The second-order valence-electron chi connectivity index (χ2n) is 4.98. The topological polar surface area (TPSA) is 29.3 Å². The zero-order valence-electron chi connectivity index (χ0n) is 11.0. The summed E-state index contributed by atoms with van der Waals surface area (Å²) in [5.41, 5.74) is 7.75. The molecule has 0 aliphatic carbocycles. The number of hydrogen-bond acceptors (Lipinski definition) is 3. The Bertz CT molecular complexity index is 593. The lowest BCUT2D eigenvalue weighted by Gasteiger charge is -2.34. The van der Waals surface area contributed by atoms with Gasteiger partial charge in [-0.05, 0) is 35.6 Å². The summed E-state index contributed by atoms with van der Waals surface area (Å²) >= 11 is 7.97. The number of thiophene rings is 1. The van der Waals surface area contributed by atoms with Gasteiger partial charge in [-0.1, -0.05) is 17.7 Å². The van der Waals surface area contributed by atoms with E-state index in [2.05, 4.69) is 16.3 Å². The van der Waals surface area contributed by atoms with Crippen LogP contribution < -0.4 is 5.73 Å². The second kappa shape index (κ2) is 5.82. The molecule has 2 N–H and O–H groups in total. The van der Waals surface area contributed by atoms with Gasteiger partial charge < -0.3 is 5.73 Å². The Morgan fingerprint density at radius 3 is 3.00 bits per heavy atom. The van der Waals surface area contributed by atoms with Crippen molar-refractivity contribution in [2.24, 2.45) is 5.73 Å². The van der Waals surface area contributed by atoms with Crippen molar-refractivity contribution in [2.45, 2.75) is 19.0 Å². The lowest BCUT2D eigenvalue weighted by molar-refractivity contribution is 0.181. The highest BCUT2D eigenvalue weighted by molar-refractivity contribution is 7.10. The third-order valence-corrected chi connectivity index (χ3v) is 5.19. The van der Waals surface area contributed by atoms with Crippen molar-refractivity contribution in [3.05, 3.63) is 56.5 Å². The number of nitrogens with zero attached hydrogens (tertiary/aromatic N) is 1. The minimum absolute atomic E-state index is 0.170. The second-order valence-corrected chi connectivity index (χ2v) is 6.38. The molecule has 0 bridgehead atoms. The first kappa shape index (κ1) is 14.0. The molecule has 0 spiro atoms. The number of hydrogen-bond donors (Lipinski definition) is 1. The van der Waals surface area contributed by atoms with Gasteiger partial charge in [0.25, 0.3) is 0 Å². The summed E-state index contributed by atoms with van der Waals surface area (Å²) in [4.78, 5) is 3.65. The lowest BCUT2D eigenvalue weighted by atomic mass is 10.0. The van der Waals surface area contributed by atoms with Crippen molar-refractivity contribution in [3.8, 4) is 0 Å². The number of benzene rings is 1. The van der Waals surface area contributed by atoms with Crippen LogP contribution in [0.15, 0.2) is 29.6 Å².